The number of carbonyl (C=O) groups excluding carboxylic acids is 1. The molecule has 2 nitrogen and oxygen atoms in total. The van der Waals surface area contributed by atoms with Gasteiger partial charge < -0.3 is 0 Å². The van der Waals surface area contributed by atoms with Crippen LogP contribution in [-0.2, 0) is 11.2 Å². The van der Waals surface area contributed by atoms with E-state index < -0.39 is 0 Å². The molecule has 1 fully saturated rings. The van der Waals surface area contributed by atoms with Crippen molar-refractivity contribution >= 4 is 17.1 Å². The summed E-state index contributed by atoms with van der Waals surface area (Å²) in [6, 6.07) is 0. The lowest BCUT2D eigenvalue weighted by atomic mass is 9.87. The van der Waals surface area contributed by atoms with Crippen LogP contribution in [0, 0.1) is 5.92 Å². The Bertz CT molecular complexity index is 313. The number of nitrogens with zero attached hydrogens (tertiary/aromatic N) is 1. The molecule has 3 heteroatoms. The van der Waals surface area contributed by atoms with Gasteiger partial charge in [-0.25, -0.2) is 0 Å². The first-order valence-electron chi connectivity index (χ1n) is 6.26. The summed E-state index contributed by atoms with van der Waals surface area (Å²) >= 11 is 1.59. The molecule has 1 aromatic heterocycles. The van der Waals surface area contributed by atoms with Gasteiger partial charge in [0, 0.05) is 23.4 Å². The lowest BCUT2D eigenvalue weighted by Crippen LogP contribution is -2.17. The molecule has 1 aliphatic rings. The number of rotatable bonds is 3. The molecule has 0 N–H and O–H groups in total. The Balaban J connectivity index is 1.87. The fourth-order valence-corrected chi connectivity index (χ4v) is 3.03. The van der Waals surface area contributed by atoms with Gasteiger partial charge in [0.2, 0.25) is 0 Å². The normalized spacial score (nSPS) is 19.0. The fraction of sp³-hybridized carbons (Fsp3) is 0.692. The Morgan fingerprint density at radius 2 is 1.94 bits per heavy atom. The smallest absolute Gasteiger partial charge is 0.141 e. The summed E-state index contributed by atoms with van der Waals surface area (Å²) in [5.41, 5.74) is 1.81. The highest BCUT2D eigenvalue weighted by Gasteiger charge is 2.19. The second-order valence-electron chi connectivity index (χ2n) is 4.65. The van der Waals surface area contributed by atoms with Crippen molar-refractivity contribution in [2.75, 3.05) is 0 Å². The molecule has 0 saturated heterocycles. The van der Waals surface area contributed by atoms with Gasteiger partial charge in [-0.3, -0.25) is 9.78 Å². The van der Waals surface area contributed by atoms with Crippen LogP contribution in [0.1, 0.15) is 49.8 Å². The molecule has 16 heavy (non-hydrogen) atoms. The van der Waals surface area contributed by atoms with Gasteiger partial charge >= 0.3 is 0 Å². The summed E-state index contributed by atoms with van der Waals surface area (Å²) in [7, 11) is 0. The Morgan fingerprint density at radius 3 is 2.56 bits per heavy atom. The molecule has 1 saturated carbocycles. The van der Waals surface area contributed by atoms with E-state index in [-0.39, 0.29) is 0 Å². The molecule has 0 atom stereocenters. The number of carbonyl (C=O) groups is 1. The molecule has 0 bridgehead atoms. The first-order chi connectivity index (χ1) is 7.86. The first kappa shape index (κ1) is 11.8. The minimum absolute atomic E-state index is 0.322. The molecular weight excluding hydrogens is 218 g/mol. The summed E-state index contributed by atoms with van der Waals surface area (Å²) in [4.78, 5) is 17.2. The predicted molar refractivity (Wildman–Crippen MR) is 66.6 cm³/mol. The lowest BCUT2D eigenvalue weighted by molar-refractivity contribution is -0.122. The molecule has 1 aromatic rings. The minimum atomic E-state index is 0.322. The number of aromatic nitrogens is 1. The maximum absolute atomic E-state index is 12.1. The maximum Gasteiger partial charge on any atom is 0.141 e. The highest BCUT2D eigenvalue weighted by molar-refractivity contribution is 7.09. The standard InChI is InChI=1S/C13H19NOS/c15-13(8-12-9-14-10-16-12)11-6-4-2-1-3-5-7-11/h9-11H,1-8H2. The second kappa shape index (κ2) is 6.14. The predicted octanol–water partition coefficient (Wildman–Crippen LogP) is 3.62. The minimum Gasteiger partial charge on any atom is -0.299 e. The Kier molecular flexibility index (Phi) is 4.52. The second-order valence-corrected chi connectivity index (χ2v) is 5.62. The number of thiazole rings is 1. The van der Waals surface area contributed by atoms with Crippen molar-refractivity contribution < 1.29 is 4.79 Å². The average molecular weight is 237 g/mol. The molecule has 0 spiro atoms. The van der Waals surface area contributed by atoms with E-state index in [0.717, 1.165) is 17.7 Å². The van der Waals surface area contributed by atoms with Gasteiger partial charge in [0.05, 0.1) is 5.51 Å². The Morgan fingerprint density at radius 1 is 1.25 bits per heavy atom. The van der Waals surface area contributed by atoms with E-state index in [2.05, 4.69) is 4.98 Å². The monoisotopic (exact) mass is 237 g/mol. The largest absolute Gasteiger partial charge is 0.299 e. The van der Waals surface area contributed by atoms with Gasteiger partial charge in [-0.15, -0.1) is 11.3 Å². The SMILES string of the molecule is O=C(Cc1cncs1)C1CCCCCCC1. The molecule has 0 radical (unpaired) electrons. The van der Waals surface area contributed by atoms with Crippen molar-refractivity contribution in [1.29, 1.82) is 0 Å². The highest BCUT2D eigenvalue weighted by Crippen LogP contribution is 2.24. The molecule has 1 aliphatic carbocycles. The van der Waals surface area contributed by atoms with Crippen LogP contribution in [0.4, 0.5) is 0 Å². The van der Waals surface area contributed by atoms with Gasteiger partial charge in [0.15, 0.2) is 0 Å². The third-order valence-corrected chi connectivity index (χ3v) is 4.17. The first-order valence-corrected chi connectivity index (χ1v) is 7.14. The zero-order chi connectivity index (χ0) is 11.2. The summed E-state index contributed by atoms with van der Waals surface area (Å²) in [6.07, 6.45) is 11.1. The average Bonchev–Trinajstić information content (AvgIpc) is 2.69. The summed E-state index contributed by atoms with van der Waals surface area (Å²) in [5.74, 6) is 0.758. The van der Waals surface area contributed by atoms with Crippen LogP contribution in [-0.4, -0.2) is 10.8 Å². The quantitative estimate of drug-likeness (QED) is 0.803. The number of hydrogen-bond donors (Lipinski definition) is 0. The van der Waals surface area contributed by atoms with E-state index in [1.165, 1.54) is 32.1 Å². The Labute approximate surface area is 101 Å². The van der Waals surface area contributed by atoms with Crippen LogP contribution < -0.4 is 0 Å². The number of ketones is 1. The van der Waals surface area contributed by atoms with E-state index in [0.29, 0.717) is 18.1 Å². The molecular formula is C13H19NOS. The number of hydrogen-bond acceptors (Lipinski definition) is 3. The van der Waals surface area contributed by atoms with E-state index in [1.54, 1.807) is 16.8 Å². The molecule has 0 amide bonds. The highest BCUT2D eigenvalue weighted by atomic mass is 32.1. The van der Waals surface area contributed by atoms with E-state index >= 15 is 0 Å². The van der Waals surface area contributed by atoms with Gasteiger partial charge in [-0.1, -0.05) is 32.1 Å². The van der Waals surface area contributed by atoms with Crippen LogP contribution in [0.25, 0.3) is 0 Å². The zero-order valence-electron chi connectivity index (χ0n) is 9.65. The summed E-state index contributed by atoms with van der Waals surface area (Å²) in [5, 5.41) is 0. The van der Waals surface area contributed by atoms with Crippen molar-refractivity contribution in [3.63, 3.8) is 0 Å². The molecule has 1 heterocycles. The van der Waals surface area contributed by atoms with Gasteiger partial charge in [-0.05, 0) is 12.8 Å². The number of Topliss-reactive ketones (excluding diaryl/α,β-unsaturated/α-hetero) is 1. The molecule has 0 aliphatic heterocycles. The van der Waals surface area contributed by atoms with Crippen LogP contribution in [0.3, 0.4) is 0 Å². The van der Waals surface area contributed by atoms with Crippen LogP contribution >= 0.6 is 11.3 Å². The Hall–Kier alpha value is -0.700. The topological polar surface area (TPSA) is 30.0 Å². The summed E-state index contributed by atoms with van der Waals surface area (Å²) < 4.78 is 0. The van der Waals surface area contributed by atoms with Gasteiger partial charge in [0.25, 0.3) is 0 Å². The van der Waals surface area contributed by atoms with E-state index in [9.17, 15) is 4.79 Å². The zero-order valence-corrected chi connectivity index (χ0v) is 10.5. The molecule has 88 valence electrons. The van der Waals surface area contributed by atoms with Crippen LogP contribution in [0.2, 0.25) is 0 Å². The molecule has 0 aromatic carbocycles. The van der Waals surface area contributed by atoms with Crippen molar-refractivity contribution in [2.45, 2.75) is 51.4 Å². The lowest BCUT2D eigenvalue weighted by Gasteiger charge is -2.17. The van der Waals surface area contributed by atoms with Crippen LogP contribution in [0.5, 0.6) is 0 Å². The van der Waals surface area contributed by atoms with E-state index in [1.807, 2.05) is 6.20 Å². The third kappa shape index (κ3) is 3.41. The fourth-order valence-electron chi connectivity index (χ4n) is 2.42. The molecule has 0 unspecified atom stereocenters. The van der Waals surface area contributed by atoms with Crippen molar-refractivity contribution in [3.8, 4) is 0 Å². The maximum atomic E-state index is 12.1. The van der Waals surface area contributed by atoms with Gasteiger partial charge in [-0.2, -0.15) is 0 Å². The van der Waals surface area contributed by atoms with Gasteiger partial charge in [0.1, 0.15) is 5.78 Å². The van der Waals surface area contributed by atoms with Crippen molar-refractivity contribution in [2.24, 2.45) is 5.92 Å². The third-order valence-electron chi connectivity index (χ3n) is 3.39. The summed E-state index contributed by atoms with van der Waals surface area (Å²) in [6.45, 7) is 0. The van der Waals surface area contributed by atoms with E-state index in [4.69, 9.17) is 0 Å². The van der Waals surface area contributed by atoms with Crippen molar-refractivity contribution in [1.82, 2.24) is 4.98 Å². The van der Waals surface area contributed by atoms with Crippen molar-refractivity contribution in [3.05, 3.63) is 16.6 Å². The van der Waals surface area contributed by atoms with Crippen LogP contribution in [0.15, 0.2) is 11.7 Å². The molecule has 2 rings (SSSR count).